The van der Waals surface area contributed by atoms with E-state index in [4.69, 9.17) is 4.74 Å². The van der Waals surface area contributed by atoms with Crippen molar-refractivity contribution >= 4 is 11.9 Å². The van der Waals surface area contributed by atoms with Gasteiger partial charge in [-0.3, -0.25) is 0 Å². The Hall–Kier alpha value is -1.57. The monoisotopic (exact) mass is 270 g/mol. The first-order chi connectivity index (χ1) is 8.25. The SMILES string of the molecule is C=C(C)C(=O)OCCOCCOC(=O)C(F)(F)F. The lowest BCUT2D eigenvalue weighted by Crippen LogP contribution is -2.26. The van der Waals surface area contributed by atoms with E-state index in [-0.39, 0.29) is 25.4 Å². The van der Waals surface area contributed by atoms with E-state index in [0.29, 0.717) is 0 Å². The van der Waals surface area contributed by atoms with E-state index in [0.717, 1.165) is 0 Å². The lowest BCUT2D eigenvalue weighted by molar-refractivity contribution is -0.200. The summed E-state index contributed by atoms with van der Waals surface area (Å²) in [6, 6.07) is 0. The Balaban J connectivity index is 3.45. The van der Waals surface area contributed by atoms with Crippen molar-refractivity contribution in [3.63, 3.8) is 0 Å². The average molecular weight is 270 g/mol. The minimum absolute atomic E-state index is 0.0113. The van der Waals surface area contributed by atoms with E-state index in [1.165, 1.54) is 6.92 Å². The maximum absolute atomic E-state index is 11.7. The molecule has 0 rings (SSSR count). The number of carbonyl (C=O) groups excluding carboxylic acids is 2. The Morgan fingerprint density at radius 1 is 1.06 bits per heavy atom. The van der Waals surface area contributed by atoms with Gasteiger partial charge in [0.25, 0.3) is 0 Å². The fraction of sp³-hybridized carbons (Fsp3) is 0.600. The fourth-order valence-corrected chi connectivity index (χ4v) is 0.694. The molecule has 0 aliphatic rings. The minimum Gasteiger partial charge on any atom is -0.460 e. The molecule has 0 saturated carbocycles. The van der Waals surface area contributed by atoms with Crippen molar-refractivity contribution in [3.8, 4) is 0 Å². The predicted octanol–water partition coefficient (Wildman–Crippen LogP) is 1.23. The zero-order valence-corrected chi connectivity index (χ0v) is 9.71. The zero-order valence-electron chi connectivity index (χ0n) is 9.71. The standard InChI is InChI=1S/C10H13F3O5/c1-7(2)8(14)17-5-3-16-4-6-18-9(15)10(11,12)13/h1,3-6H2,2H3. The van der Waals surface area contributed by atoms with E-state index >= 15 is 0 Å². The fourth-order valence-electron chi connectivity index (χ4n) is 0.694. The number of ether oxygens (including phenoxy) is 3. The molecule has 0 bridgehead atoms. The summed E-state index contributed by atoms with van der Waals surface area (Å²) in [6.07, 6.45) is -5.00. The van der Waals surface area contributed by atoms with Gasteiger partial charge in [-0.1, -0.05) is 6.58 Å². The van der Waals surface area contributed by atoms with Crippen LogP contribution >= 0.6 is 0 Å². The van der Waals surface area contributed by atoms with Crippen molar-refractivity contribution in [1.29, 1.82) is 0 Å². The number of hydrogen-bond donors (Lipinski definition) is 0. The number of esters is 2. The third kappa shape index (κ3) is 7.66. The van der Waals surface area contributed by atoms with Gasteiger partial charge >= 0.3 is 18.1 Å². The summed E-state index contributed by atoms with van der Waals surface area (Å²) in [4.78, 5) is 21.1. The molecule has 0 aromatic heterocycles. The molecular formula is C10H13F3O5. The molecule has 0 aliphatic carbocycles. The molecule has 0 atom stereocenters. The highest BCUT2D eigenvalue weighted by atomic mass is 19.4. The van der Waals surface area contributed by atoms with Gasteiger partial charge in [0.2, 0.25) is 0 Å². The summed E-state index contributed by atoms with van der Waals surface area (Å²) >= 11 is 0. The molecule has 0 amide bonds. The Morgan fingerprint density at radius 3 is 2.00 bits per heavy atom. The van der Waals surface area contributed by atoms with E-state index < -0.39 is 24.7 Å². The summed E-state index contributed by atoms with van der Waals surface area (Å²) in [5.74, 6) is -2.85. The summed E-state index contributed by atoms with van der Waals surface area (Å²) in [5.41, 5.74) is 0.231. The van der Waals surface area contributed by atoms with Gasteiger partial charge in [-0.25, -0.2) is 9.59 Å². The van der Waals surface area contributed by atoms with E-state index in [1.807, 2.05) is 0 Å². The third-order valence-electron chi connectivity index (χ3n) is 1.50. The summed E-state index contributed by atoms with van der Waals surface area (Å²) in [6.45, 7) is 4.01. The zero-order chi connectivity index (χ0) is 14.2. The van der Waals surface area contributed by atoms with Crippen LogP contribution in [0.25, 0.3) is 0 Å². The van der Waals surface area contributed by atoms with Crippen LogP contribution in [0.3, 0.4) is 0 Å². The van der Waals surface area contributed by atoms with E-state index in [1.54, 1.807) is 0 Å². The third-order valence-corrected chi connectivity index (χ3v) is 1.50. The summed E-state index contributed by atoms with van der Waals surface area (Å²) < 4.78 is 48.3. The number of halogens is 3. The lowest BCUT2D eigenvalue weighted by atomic mass is 10.4. The number of alkyl halides is 3. The first-order valence-corrected chi connectivity index (χ1v) is 4.89. The van der Waals surface area contributed by atoms with Crippen molar-refractivity contribution in [2.45, 2.75) is 13.1 Å². The second-order valence-electron chi connectivity index (χ2n) is 3.16. The lowest BCUT2D eigenvalue weighted by Gasteiger charge is -2.08. The molecule has 0 aliphatic heterocycles. The maximum atomic E-state index is 11.7. The van der Waals surface area contributed by atoms with Crippen molar-refractivity contribution in [1.82, 2.24) is 0 Å². The smallest absolute Gasteiger partial charge is 0.460 e. The van der Waals surface area contributed by atoms with Crippen LogP contribution in [-0.2, 0) is 23.8 Å². The van der Waals surface area contributed by atoms with Gasteiger partial charge in [0.1, 0.15) is 13.2 Å². The molecule has 0 aromatic rings. The van der Waals surface area contributed by atoms with Crippen LogP contribution in [0.15, 0.2) is 12.2 Å². The molecule has 0 radical (unpaired) electrons. The Labute approximate surface area is 101 Å². The highest BCUT2D eigenvalue weighted by Crippen LogP contribution is 2.16. The van der Waals surface area contributed by atoms with Crippen LogP contribution in [0.2, 0.25) is 0 Å². The molecule has 8 heteroatoms. The molecule has 0 fully saturated rings. The highest BCUT2D eigenvalue weighted by Gasteiger charge is 2.40. The minimum atomic E-state index is -5.00. The van der Waals surface area contributed by atoms with Gasteiger partial charge < -0.3 is 14.2 Å². The van der Waals surface area contributed by atoms with Gasteiger partial charge in [0.05, 0.1) is 13.2 Å². The van der Waals surface area contributed by atoms with Crippen LogP contribution in [-0.4, -0.2) is 44.5 Å². The van der Waals surface area contributed by atoms with Crippen LogP contribution in [0.4, 0.5) is 13.2 Å². The second-order valence-corrected chi connectivity index (χ2v) is 3.16. The van der Waals surface area contributed by atoms with E-state index in [2.05, 4.69) is 16.1 Å². The summed E-state index contributed by atoms with van der Waals surface area (Å²) in [7, 11) is 0. The number of carbonyl (C=O) groups is 2. The molecule has 0 aromatic carbocycles. The van der Waals surface area contributed by atoms with E-state index in [9.17, 15) is 22.8 Å². The van der Waals surface area contributed by atoms with Crippen molar-refractivity contribution in [2.24, 2.45) is 0 Å². The Kier molecular flexibility index (Phi) is 7.03. The molecule has 5 nitrogen and oxygen atoms in total. The number of hydrogen-bond acceptors (Lipinski definition) is 5. The van der Waals surface area contributed by atoms with Gasteiger partial charge in [-0.2, -0.15) is 13.2 Å². The molecule has 0 unspecified atom stereocenters. The van der Waals surface area contributed by atoms with Gasteiger partial charge in [-0.05, 0) is 6.92 Å². The highest BCUT2D eigenvalue weighted by molar-refractivity contribution is 5.86. The average Bonchev–Trinajstić information content (AvgIpc) is 2.25. The number of rotatable bonds is 7. The Bertz CT molecular complexity index is 311. The molecule has 0 N–H and O–H groups in total. The predicted molar refractivity (Wildman–Crippen MR) is 53.6 cm³/mol. The molecule has 104 valence electrons. The first kappa shape index (κ1) is 16.4. The van der Waals surface area contributed by atoms with Gasteiger partial charge in [-0.15, -0.1) is 0 Å². The molecule has 0 heterocycles. The molecule has 18 heavy (non-hydrogen) atoms. The quantitative estimate of drug-likeness (QED) is 0.395. The largest absolute Gasteiger partial charge is 0.490 e. The first-order valence-electron chi connectivity index (χ1n) is 4.89. The molecular weight excluding hydrogens is 257 g/mol. The maximum Gasteiger partial charge on any atom is 0.490 e. The van der Waals surface area contributed by atoms with Crippen LogP contribution in [0, 0.1) is 0 Å². The topological polar surface area (TPSA) is 61.8 Å². The molecule has 0 saturated heterocycles. The molecule has 0 spiro atoms. The van der Waals surface area contributed by atoms with Crippen molar-refractivity contribution in [2.75, 3.05) is 26.4 Å². The van der Waals surface area contributed by atoms with Gasteiger partial charge in [0.15, 0.2) is 0 Å². The van der Waals surface area contributed by atoms with Crippen molar-refractivity contribution < 1.29 is 37.0 Å². The van der Waals surface area contributed by atoms with Crippen LogP contribution in [0.1, 0.15) is 6.92 Å². The van der Waals surface area contributed by atoms with Gasteiger partial charge in [0, 0.05) is 5.57 Å². The van der Waals surface area contributed by atoms with Crippen molar-refractivity contribution in [3.05, 3.63) is 12.2 Å². The van der Waals surface area contributed by atoms with Crippen LogP contribution in [0.5, 0.6) is 0 Å². The normalized spacial score (nSPS) is 10.9. The Morgan fingerprint density at radius 2 is 1.56 bits per heavy atom. The summed E-state index contributed by atoms with van der Waals surface area (Å²) in [5, 5.41) is 0. The second kappa shape index (κ2) is 7.70. The van der Waals surface area contributed by atoms with Crippen LogP contribution < -0.4 is 0 Å².